The summed E-state index contributed by atoms with van der Waals surface area (Å²) in [5.41, 5.74) is 8.50. The molecule has 3 N–H and O–H groups in total. The first-order chi connectivity index (χ1) is 12.1. The molecule has 25 heavy (non-hydrogen) atoms. The van der Waals surface area contributed by atoms with Gasteiger partial charge in [0.15, 0.2) is 5.84 Å². The van der Waals surface area contributed by atoms with Crippen molar-refractivity contribution in [1.29, 1.82) is 0 Å². The highest BCUT2D eigenvalue weighted by molar-refractivity contribution is 5.97. The Morgan fingerprint density at radius 1 is 1.20 bits per heavy atom. The molecule has 132 valence electrons. The minimum absolute atomic E-state index is 0.159. The summed E-state index contributed by atoms with van der Waals surface area (Å²) in [7, 11) is 0. The van der Waals surface area contributed by atoms with Gasteiger partial charge in [-0.15, -0.1) is 0 Å². The second kappa shape index (κ2) is 7.98. The van der Waals surface area contributed by atoms with Crippen molar-refractivity contribution >= 4 is 11.5 Å². The molecule has 3 rings (SSSR count). The number of hydrogen-bond donors (Lipinski definition) is 2. The van der Waals surface area contributed by atoms with Crippen LogP contribution in [0, 0.1) is 5.82 Å². The molecule has 1 aliphatic rings. The molecule has 0 spiro atoms. The minimum Gasteiger partial charge on any atom is -0.393 e. The number of piperidine rings is 1. The van der Waals surface area contributed by atoms with Gasteiger partial charge in [-0.2, -0.15) is 0 Å². The topological polar surface area (TPSA) is 71.1 Å². The third-order valence-electron chi connectivity index (χ3n) is 4.28. The predicted molar refractivity (Wildman–Crippen MR) is 95.8 cm³/mol. The molecule has 0 aliphatic carbocycles. The predicted octanol–water partition coefficient (Wildman–Crippen LogP) is 2.62. The molecule has 2 aromatic carbocycles. The number of anilines is 1. The van der Waals surface area contributed by atoms with Gasteiger partial charge in [-0.25, -0.2) is 4.39 Å². The second-order valence-electron chi connectivity index (χ2n) is 6.14. The van der Waals surface area contributed by atoms with Gasteiger partial charge in [0.05, 0.1) is 6.10 Å². The molecule has 0 aromatic heterocycles. The molecule has 1 aliphatic heterocycles. The van der Waals surface area contributed by atoms with E-state index in [1.165, 1.54) is 12.1 Å². The molecule has 0 atom stereocenters. The largest absolute Gasteiger partial charge is 0.393 e. The van der Waals surface area contributed by atoms with E-state index in [1.807, 2.05) is 24.3 Å². The van der Waals surface area contributed by atoms with Gasteiger partial charge >= 0.3 is 0 Å². The number of rotatable bonds is 5. The highest BCUT2D eigenvalue weighted by atomic mass is 19.1. The first-order valence-electron chi connectivity index (χ1n) is 8.35. The molecule has 6 heteroatoms. The van der Waals surface area contributed by atoms with Gasteiger partial charge in [-0.3, -0.25) is 0 Å². The van der Waals surface area contributed by atoms with Crippen LogP contribution in [0.25, 0.3) is 0 Å². The Morgan fingerprint density at radius 3 is 2.60 bits per heavy atom. The number of amidine groups is 1. The van der Waals surface area contributed by atoms with Crippen molar-refractivity contribution in [3.05, 3.63) is 65.5 Å². The zero-order valence-electron chi connectivity index (χ0n) is 13.9. The van der Waals surface area contributed by atoms with Gasteiger partial charge in [0.1, 0.15) is 12.4 Å². The Balaban J connectivity index is 1.57. The molecule has 0 bridgehead atoms. The van der Waals surface area contributed by atoms with E-state index < -0.39 is 0 Å². The summed E-state index contributed by atoms with van der Waals surface area (Å²) < 4.78 is 13.1. The van der Waals surface area contributed by atoms with E-state index in [4.69, 9.17) is 10.6 Å². The van der Waals surface area contributed by atoms with Gasteiger partial charge in [0.25, 0.3) is 0 Å². The number of nitrogens with two attached hydrogens (primary N) is 1. The summed E-state index contributed by atoms with van der Waals surface area (Å²) in [6.45, 7) is 1.86. The summed E-state index contributed by atoms with van der Waals surface area (Å²) in [4.78, 5) is 7.45. The molecule has 5 nitrogen and oxygen atoms in total. The normalized spacial score (nSPS) is 16.1. The van der Waals surface area contributed by atoms with E-state index in [2.05, 4.69) is 10.1 Å². The fourth-order valence-corrected chi connectivity index (χ4v) is 2.82. The van der Waals surface area contributed by atoms with Crippen molar-refractivity contribution in [2.75, 3.05) is 18.0 Å². The number of aliphatic hydroxyl groups excluding tert-OH is 1. The standard InChI is InChI=1S/C19H22FN3O2/c20-16-3-1-2-14(12-16)13-25-22-19(21)15-4-6-17(7-5-15)23-10-8-18(24)9-11-23/h1-7,12,18,24H,8-11,13H2,(H2,21,22). The van der Waals surface area contributed by atoms with Gasteiger partial charge in [0.2, 0.25) is 0 Å². The van der Waals surface area contributed by atoms with Crippen LogP contribution in [-0.2, 0) is 11.4 Å². The molecule has 0 saturated carbocycles. The molecular weight excluding hydrogens is 321 g/mol. The van der Waals surface area contributed by atoms with Crippen molar-refractivity contribution in [3.8, 4) is 0 Å². The molecule has 0 unspecified atom stereocenters. The molecule has 0 radical (unpaired) electrons. The number of benzene rings is 2. The van der Waals surface area contributed by atoms with Crippen LogP contribution in [0.2, 0.25) is 0 Å². The van der Waals surface area contributed by atoms with E-state index in [9.17, 15) is 9.50 Å². The average molecular weight is 343 g/mol. The molecule has 1 fully saturated rings. The number of oxime groups is 1. The van der Waals surface area contributed by atoms with E-state index in [0.717, 1.165) is 37.2 Å². The van der Waals surface area contributed by atoms with Crippen LogP contribution in [0.1, 0.15) is 24.0 Å². The average Bonchev–Trinajstić information content (AvgIpc) is 2.62. The lowest BCUT2D eigenvalue weighted by Gasteiger charge is -2.31. The Hall–Kier alpha value is -2.60. The van der Waals surface area contributed by atoms with Gasteiger partial charge in [-0.1, -0.05) is 17.3 Å². The summed E-state index contributed by atoms with van der Waals surface area (Å²) in [5.74, 6) is -0.0316. The highest BCUT2D eigenvalue weighted by Gasteiger charge is 2.17. The Labute approximate surface area is 146 Å². The molecule has 1 heterocycles. The molecule has 0 amide bonds. The van der Waals surface area contributed by atoms with E-state index in [-0.39, 0.29) is 24.4 Å². The van der Waals surface area contributed by atoms with Crippen molar-refractivity contribution in [3.63, 3.8) is 0 Å². The fraction of sp³-hybridized carbons (Fsp3) is 0.316. The molecule has 2 aromatic rings. The molecule has 1 saturated heterocycles. The van der Waals surface area contributed by atoms with Crippen molar-refractivity contribution < 1.29 is 14.3 Å². The lowest BCUT2D eigenvalue weighted by Crippen LogP contribution is -2.35. The van der Waals surface area contributed by atoms with Crippen LogP contribution in [0.5, 0.6) is 0 Å². The van der Waals surface area contributed by atoms with E-state index in [1.54, 1.807) is 12.1 Å². The van der Waals surface area contributed by atoms with E-state index >= 15 is 0 Å². The first kappa shape index (κ1) is 17.2. The second-order valence-corrected chi connectivity index (χ2v) is 6.14. The van der Waals surface area contributed by atoms with Crippen LogP contribution in [0.4, 0.5) is 10.1 Å². The zero-order valence-corrected chi connectivity index (χ0v) is 13.9. The highest BCUT2D eigenvalue weighted by Crippen LogP contribution is 2.20. The summed E-state index contributed by atoms with van der Waals surface area (Å²) in [5, 5.41) is 13.5. The van der Waals surface area contributed by atoms with Gasteiger partial charge in [0, 0.05) is 24.3 Å². The Kier molecular flexibility index (Phi) is 5.50. The number of nitrogens with zero attached hydrogens (tertiary/aromatic N) is 2. The Bertz CT molecular complexity index is 726. The number of halogens is 1. The fourth-order valence-electron chi connectivity index (χ4n) is 2.82. The van der Waals surface area contributed by atoms with Crippen LogP contribution >= 0.6 is 0 Å². The lowest BCUT2D eigenvalue weighted by molar-refractivity contribution is 0.130. The van der Waals surface area contributed by atoms with Crippen molar-refractivity contribution in [2.24, 2.45) is 10.9 Å². The van der Waals surface area contributed by atoms with Crippen LogP contribution < -0.4 is 10.6 Å². The van der Waals surface area contributed by atoms with Crippen LogP contribution in [0.3, 0.4) is 0 Å². The van der Waals surface area contributed by atoms with Gasteiger partial charge in [-0.05, 0) is 54.8 Å². The van der Waals surface area contributed by atoms with Crippen LogP contribution in [-0.4, -0.2) is 30.1 Å². The SMILES string of the molecule is NC(=NOCc1cccc(F)c1)c1ccc(N2CCC(O)CC2)cc1. The maximum atomic E-state index is 13.1. The summed E-state index contributed by atoms with van der Waals surface area (Å²) >= 11 is 0. The monoisotopic (exact) mass is 343 g/mol. The maximum Gasteiger partial charge on any atom is 0.170 e. The minimum atomic E-state index is -0.307. The van der Waals surface area contributed by atoms with Crippen molar-refractivity contribution in [1.82, 2.24) is 0 Å². The van der Waals surface area contributed by atoms with Gasteiger partial charge < -0.3 is 20.6 Å². The smallest absolute Gasteiger partial charge is 0.170 e. The third-order valence-corrected chi connectivity index (χ3v) is 4.28. The number of hydrogen-bond acceptors (Lipinski definition) is 4. The van der Waals surface area contributed by atoms with E-state index in [0.29, 0.717) is 5.56 Å². The summed E-state index contributed by atoms with van der Waals surface area (Å²) in [6, 6.07) is 13.9. The van der Waals surface area contributed by atoms with Crippen LogP contribution in [0.15, 0.2) is 53.7 Å². The first-order valence-corrected chi connectivity index (χ1v) is 8.35. The third kappa shape index (κ3) is 4.70. The lowest BCUT2D eigenvalue weighted by atomic mass is 10.1. The molecular formula is C19H22FN3O2. The quantitative estimate of drug-likeness (QED) is 0.497. The maximum absolute atomic E-state index is 13.1. The Morgan fingerprint density at radius 2 is 1.92 bits per heavy atom. The zero-order chi connectivity index (χ0) is 17.6. The number of aliphatic hydroxyl groups is 1. The summed E-state index contributed by atoms with van der Waals surface area (Å²) in [6.07, 6.45) is 1.40. The van der Waals surface area contributed by atoms with Crippen molar-refractivity contribution in [2.45, 2.75) is 25.6 Å².